The summed E-state index contributed by atoms with van der Waals surface area (Å²) in [5, 5.41) is 0. The molecule has 2 nitrogen and oxygen atoms in total. The third-order valence-corrected chi connectivity index (χ3v) is 2.65. The lowest BCUT2D eigenvalue weighted by Gasteiger charge is -1.96. The maximum absolute atomic E-state index is 12.1. The van der Waals surface area contributed by atoms with Crippen LogP contribution in [0.5, 0.6) is 0 Å². The van der Waals surface area contributed by atoms with Crippen LogP contribution < -0.4 is 0 Å². The first kappa shape index (κ1) is 9.91. The highest BCUT2D eigenvalue weighted by Gasteiger charge is 2.07. The molecule has 5 heteroatoms. The molecule has 0 bridgehead atoms. The van der Waals surface area contributed by atoms with Gasteiger partial charge in [0.15, 0.2) is 0 Å². The summed E-state index contributed by atoms with van der Waals surface area (Å²) >= 11 is 2.09. The van der Waals surface area contributed by atoms with E-state index in [0.717, 1.165) is 3.57 Å². The summed E-state index contributed by atoms with van der Waals surface area (Å²) in [5.41, 5.74) is 0.470. The Hall–Kier alpha value is -0.170. The second kappa shape index (κ2) is 3.69. The van der Waals surface area contributed by atoms with Crippen molar-refractivity contribution in [2.45, 2.75) is 5.75 Å². The summed E-state index contributed by atoms with van der Waals surface area (Å²) in [7, 11) is -4.39. The Morgan fingerprint density at radius 3 is 2.17 bits per heavy atom. The fourth-order valence-electron chi connectivity index (χ4n) is 0.780. The fourth-order valence-corrected chi connectivity index (χ4v) is 1.73. The van der Waals surface area contributed by atoms with Crippen LogP contribution in [-0.4, -0.2) is 8.42 Å². The van der Waals surface area contributed by atoms with E-state index in [4.69, 9.17) is 0 Å². The van der Waals surface area contributed by atoms with Gasteiger partial charge in [0.1, 0.15) is 5.75 Å². The molecule has 0 aliphatic heterocycles. The summed E-state index contributed by atoms with van der Waals surface area (Å²) < 4.78 is 33.6. The lowest BCUT2D eigenvalue weighted by atomic mass is 10.2. The van der Waals surface area contributed by atoms with E-state index < -0.39 is 16.0 Å². The Bertz CT molecular complexity index is 357. The van der Waals surface area contributed by atoms with E-state index in [-0.39, 0.29) is 0 Å². The van der Waals surface area contributed by atoms with Gasteiger partial charge >= 0.3 is 10.2 Å². The molecule has 0 N–H and O–H groups in total. The molecule has 0 unspecified atom stereocenters. The first-order valence-electron chi connectivity index (χ1n) is 3.14. The Morgan fingerprint density at radius 2 is 1.75 bits per heavy atom. The van der Waals surface area contributed by atoms with Gasteiger partial charge in [0.25, 0.3) is 0 Å². The Balaban J connectivity index is 2.85. The van der Waals surface area contributed by atoms with Crippen molar-refractivity contribution in [1.29, 1.82) is 0 Å². The minimum Gasteiger partial charge on any atom is -0.194 e. The molecule has 66 valence electrons. The van der Waals surface area contributed by atoms with Gasteiger partial charge in [-0.3, -0.25) is 0 Å². The number of hydrogen-bond donors (Lipinski definition) is 0. The van der Waals surface area contributed by atoms with Crippen molar-refractivity contribution in [1.82, 2.24) is 0 Å². The van der Waals surface area contributed by atoms with E-state index in [1.54, 1.807) is 24.3 Å². The molecule has 1 aromatic carbocycles. The third kappa shape index (κ3) is 3.48. The molecule has 0 atom stereocenters. The number of rotatable bonds is 2. The predicted octanol–water partition coefficient (Wildman–Crippen LogP) is 2.09. The van der Waals surface area contributed by atoms with Crippen LogP contribution in [0, 0.1) is 3.57 Å². The fraction of sp³-hybridized carbons (Fsp3) is 0.143. The van der Waals surface area contributed by atoms with Gasteiger partial charge in [0.2, 0.25) is 0 Å². The zero-order chi connectivity index (χ0) is 9.19. The van der Waals surface area contributed by atoms with Crippen LogP contribution in [0.1, 0.15) is 5.56 Å². The maximum atomic E-state index is 12.1. The van der Waals surface area contributed by atoms with Crippen molar-refractivity contribution in [3.05, 3.63) is 33.4 Å². The highest BCUT2D eigenvalue weighted by molar-refractivity contribution is 14.1. The molecule has 0 amide bonds. The first-order valence-corrected chi connectivity index (χ1v) is 5.77. The topological polar surface area (TPSA) is 34.1 Å². The van der Waals surface area contributed by atoms with Gasteiger partial charge in [-0.2, -0.15) is 8.42 Å². The average molecular weight is 300 g/mol. The summed E-state index contributed by atoms with van der Waals surface area (Å²) in [6.07, 6.45) is 0. The van der Waals surface area contributed by atoms with Gasteiger partial charge in [-0.15, -0.1) is 3.89 Å². The van der Waals surface area contributed by atoms with E-state index in [0.29, 0.717) is 5.56 Å². The van der Waals surface area contributed by atoms with Gasteiger partial charge < -0.3 is 0 Å². The largest absolute Gasteiger partial charge is 0.306 e. The number of benzene rings is 1. The van der Waals surface area contributed by atoms with Crippen molar-refractivity contribution in [3.8, 4) is 0 Å². The molecule has 0 saturated carbocycles. The van der Waals surface area contributed by atoms with Crippen molar-refractivity contribution >= 4 is 32.8 Å². The average Bonchev–Trinajstić information content (AvgIpc) is 1.91. The highest BCUT2D eigenvalue weighted by atomic mass is 127. The summed E-state index contributed by atoms with van der Waals surface area (Å²) in [6, 6.07) is 6.67. The molecule has 0 aliphatic rings. The van der Waals surface area contributed by atoms with Crippen molar-refractivity contribution in [2.75, 3.05) is 0 Å². The third-order valence-electron chi connectivity index (χ3n) is 1.25. The molecule has 12 heavy (non-hydrogen) atoms. The second-order valence-corrected chi connectivity index (χ2v) is 4.92. The molecule has 0 fully saturated rings. The van der Waals surface area contributed by atoms with Crippen molar-refractivity contribution in [3.63, 3.8) is 0 Å². The van der Waals surface area contributed by atoms with Crippen molar-refractivity contribution in [2.24, 2.45) is 0 Å². The van der Waals surface area contributed by atoms with Crippen LogP contribution in [0.25, 0.3) is 0 Å². The molecule has 0 spiro atoms. The van der Waals surface area contributed by atoms with E-state index in [2.05, 4.69) is 22.6 Å². The molecular formula is C7H6FIO2S. The number of hydrogen-bond acceptors (Lipinski definition) is 2. The molecule has 0 aromatic heterocycles. The molecule has 0 aliphatic carbocycles. The minimum absolute atomic E-state index is 0.470. The molecule has 0 saturated heterocycles. The Labute approximate surface area is 84.1 Å². The smallest absolute Gasteiger partial charge is 0.194 e. The second-order valence-electron chi connectivity index (χ2n) is 2.31. The zero-order valence-electron chi connectivity index (χ0n) is 6.00. The van der Waals surface area contributed by atoms with Gasteiger partial charge in [-0.05, 0) is 40.3 Å². The van der Waals surface area contributed by atoms with Crippen LogP contribution in [0.15, 0.2) is 24.3 Å². The van der Waals surface area contributed by atoms with Crippen LogP contribution in [0.3, 0.4) is 0 Å². The Kier molecular flexibility index (Phi) is 3.05. The molecule has 1 aromatic rings. The molecule has 0 heterocycles. The van der Waals surface area contributed by atoms with E-state index in [9.17, 15) is 12.3 Å². The van der Waals surface area contributed by atoms with Crippen LogP contribution in [0.2, 0.25) is 0 Å². The lowest BCUT2D eigenvalue weighted by Crippen LogP contribution is -1.95. The van der Waals surface area contributed by atoms with Crippen LogP contribution in [0.4, 0.5) is 3.89 Å². The summed E-state index contributed by atoms with van der Waals surface area (Å²) in [6.45, 7) is 0. The lowest BCUT2D eigenvalue weighted by molar-refractivity contribution is 0.551. The SMILES string of the molecule is O=S(=O)(F)Cc1ccc(I)cc1. The standard InChI is InChI=1S/C7H6FIO2S/c8-12(10,11)5-6-1-3-7(9)4-2-6/h1-4H,5H2. The zero-order valence-corrected chi connectivity index (χ0v) is 8.97. The normalized spacial score (nSPS) is 11.5. The number of halogens is 2. The van der Waals surface area contributed by atoms with Gasteiger partial charge in [-0.1, -0.05) is 12.1 Å². The van der Waals surface area contributed by atoms with Crippen molar-refractivity contribution < 1.29 is 12.3 Å². The van der Waals surface area contributed by atoms with Gasteiger partial charge in [0, 0.05) is 3.57 Å². The van der Waals surface area contributed by atoms with E-state index in [1.807, 2.05) is 0 Å². The van der Waals surface area contributed by atoms with Crippen LogP contribution in [-0.2, 0) is 16.0 Å². The minimum atomic E-state index is -4.39. The van der Waals surface area contributed by atoms with E-state index >= 15 is 0 Å². The summed E-state index contributed by atoms with van der Waals surface area (Å²) in [4.78, 5) is 0. The first-order chi connectivity index (χ1) is 5.47. The maximum Gasteiger partial charge on any atom is 0.306 e. The van der Waals surface area contributed by atoms with Crippen LogP contribution >= 0.6 is 22.6 Å². The van der Waals surface area contributed by atoms with E-state index in [1.165, 1.54) is 0 Å². The monoisotopic (exact) mass is 300 g/mol. The van der Waals surface area contributed by atoms with Gasteiger partial charge in [0.05, 0.1) is 0 Å². The highest BCUT2D eigenvalue weighted by Crippen LogP contribution is 2.10. The quantitative estimate of drug-likeness (QED) is 0.619. The molecular weight excluding hydrogens is 294 g/mol. The Morgan fingerprint density at radius 1 is 1.25 bits per heavy atom. The summed E-state index contributed by atoms with van der Waals surface area (Å²) in [5.74, 6) is -0.538. The predicted molar refractivity (Wildman–Crippen MR) is 52.9 cm³/mol. The van der Waals surface area contributed by atoms with Gasteiger partial charge in [-0.25, -0.2) is 0 Å². The molecule has 1 rings (SSSR count). The molecule has 0 radical (unpaired) electrons.